The Morgan fingerprint density at radius 3 is 2.31 bits per heavy atom. The van der Waals surface area contributed by atoms with Crippen LogP contribution in [0.25, 0.3) is 11.1 Å². The quantitative estimate of drug-likeness (QED) is 0.406. The highest BCUT2D eigenvalue weighted by Crippen LogP contribution is 2.33. The number of benzene rings is 3. The first kappa shape index (κ1) is 21.3. The number of hydrogen-bond acceptors (Lipinski definition) is 4. The summed E-state index contributed by atoms with van der Waals surface area (Å²) in [4.78, 5) is 12.1. The average Bonchev–Trinajstić information content (AvgIpc) is 3.32. The number of aromatic amines is 1. The Balaban J connectivity index is 1.54. The third-order valence-electron chi connectivity index (χ3n) is 4.77. The highest BCUT2D eigenvalue weighted by molar-refractivity contribution is 7.91. The molecule has 4 aromatic rings. The fourth-order valence-corrected chi connectivity index (χ4v) is 4.65. The molecular weight excluding hydrogens is 431 g/mol. The molecule has 0 atom stereocenters. The van der Waals surface area contributed by atoms with Gasteiger partial charge < -0.3 is 10.6 Å². The van der Waals surface area contributed by atoms with Crippen molar-refractivity contribution in [2.24, 2.45) is 0 Å². The number of rotatable bonds is 6. The molecule has 0 saturated heterocycles. The molecule has 0 aliphatic carbocycles. The van der Waals surface area contributed by atoms with Crippen molar-refractivity contribution < 1.29 is 17.6 Å². The van der Waals surface area contributed by atoms with Gasteiger partial charge in [0.25, 0.3) is 0 Å². The smallest absolute Gasteiger partial charge is 0.319 e. The molecule has 1 heterocycles. The fourth-order valence-electron chi connectivity index (χ4n) is 3.18. The first-order chi connectivity index (χ1) is 15.4. The van der Waals surface area contributed by atoms with Crippen molar-refractivity contribution in [1.82, 2.24) is 15.5 Å². The zero-order valence-corrected chi connectivity index (χ0v) is 17.6. The van der Waals surface area contributed by atoms with Gasteiger partial charge in [-0.2, -0.15) is 5.10 Å². The van der Waals surface area contributed by atoms with E-state index in [1.165, 1.54) is 36.4 Å². The number of urea groups is 1. The number of halogens is 1. The van der Waals surface area contributed by atoms with Crippen molar-refractivity contribution in [3.05, 3.63) is 96.6 Å². The largest absolute Gasteiger partial charge is 0.334 e. The third-order valence-corrected chi connectivity index (χ3v) is 6.60. The minimum Gasteiger partial charge on any atom is -0.334 e. The SMILES string of the molecule is O=C(NCc1cn[nH]c1)Nc1ccc(S(=O)(=O)c2ccccc2-c2ccccc2F)cc1. The van der Waals surface area contributed by atoms with Gasteiger partial charge in [-0.1, -0.05) is 36.4 Å². The van der Waals surface area contributed by atoms with Crippen LogP contribution >= 0.6 is 0 Å². The number of nitrogens with one attached hydrogen (secondary N) is 3. The first-order valence-electron chi connectivity index (χ1n) is 9.67. The van der Waals surface area contributed by atoms with Crippen LogP contribution in [-0.2, 0) is 16.4 Å². The summed E-state index contributed by atoms with van der Waals surface area (Å²) in [5.74, 6) is -0.504. The Bertz CT molecular complexity index is 1340. The Labute approximate surface area is 184 Å². The topological polar surface area (TPSA) is 104 Å². The summed E-state index contributed by atoms with van der Waals surface area (Å²) >= 11 is 0. The minimum absolute atomic E-state index is 0.00339. The molecule has 1 aromatic heterocycles. The van der Waals surface area contributed by atoms with Crippen molar-refractivity contribution >= 4 is 21.6 Å². The molecule has 0 spiro atoms. The molecule has 0 saturated carbocycles. The molecule has 0 unspecified atom stereocenters. The van der Waals surface area contributed by atoms with E-state index in [0.717, 1.165) is 5.56 Å². The molecule has 4 rings (SSSR count). The normalized spacial score (nSPS) is 11.2. The standard InChI is InChI=1S/C23H19FN4O3S/c24-21-7-3-1-5-19(21)20-6-2-4-8-22(20)32(30,31)18-11-9-17(10-12-18)28-23(29)25-13-16-14-26-27-15-16/h1-12,14-15H,13H2,(H,26,27)(H2,25,28,29). The Morgan fingerprint density at radius 1 is 0.938 bits per heavy atom. The fraction of sp³-hybridized carbons (Fsp3) is 0.0435. The molecule has 0 aliphatic rings. The minimum atomic E-state index is -3.93. The van der Waals surface area contributed by atoms with Crippen LogP contribution in [0.5, 0.6) is 0 Å². The van der Waals surface area contributed by atoms with E-state index >= 15 is 0 Å². The van der Waals surface area contributed by atoms with Gasteiger partial charge in [-0.25, -0.2) is 17.6 Å². The van der Waals surface area contributed by atoms with Crippen molar-refractivity contribution in [3.63, 3.8) is 0 Å². The summed E-state index contributed by atoms with van der Waals surface area (Å²) in [7, 11) is -3.93. The molecule has 0 radical (unpaired) electrons. The van der Waals surface area contributed by atoms with Crippen LogP contribution in [-0.4, -0.2) is 24.6 Å². The van der Waals surface area contributed by atoms with Gasteiger partial charge in [0, 0.05) is 35.1 Å². The molecule has 7 nitrogen and oxygen atoms in total. The number of H-pyrrole nitrogens is 1. The summed E-state index contributed by atoms with van der Waals surface area (Å²) in [6.07, 6.45) is 3.26. The molecule has 32 heavy (non-hydrogen) atoms. The van der Waals surface area contributed by atoms with Gasteiger partial charge in [0.05, 0.1) is 16.0 Å². The number of anilines is 1. The van der Waals surface area contributed by atoms with E-state index in [1.54, 1.807) is 48.8 Å². The molecule has 162 valence electrons. The number of carbonyl (C=O) groups excluding carboxylic acids is 1. The van der Waals surface area contributed by atoms with Crippen molar-refractivity contribution in [2.75, 3.05) is 5.32 Å². The van der Waals surface area contributed by atoms with Gasteiger partial charge in [0.2, 0.25) is 9.84 Å². The summed E-state index contributed by atoms with van der Waals surface area (Å²) in [5.41, 5.74) is 1.73. The van der Waals surface area contributed by atoms with E-state index < -0.39 is 21.7 Å². The van der Waals surface area contributed by atoms with Crippen LogP contribution in [0.2, 0.25) is 0 Å². The zero-order chi connectivity index (χ0) is 22.6. The maximum atomic E-state index is 14.3. The number of nitrogens with zero attached hydrogens (tertiary/aromatic N) is 1. The Kier molecular flexibility index (Phi) is 6.00. The lowest BCUT2D eigenvalue weighted by Crippen LogP contribution is -2.28. The van der Waals surface area contributed by atoms with Gasteiger partial charge in [-0.3, -0.25) is 5.10 Å². The molecular formula is C23H19FN4O3S. The summed E-state index contributed by atoms with van der Waals surface area (Å²) in [6.45, 7) is 0.293. The second-order valence-electron chi connectivity index (χ2n) is 6.92. The maximum absolute atomic E-state index is 14.3. The lowest BCUT2D eigenvalue weighted by molar-refractivity contribution is 0.251. The van der Waals surface area contributed by atoms with Gasteiger partial charge in [0.15, 0.2) is 0 Å². The van der Waals surface area contributed by atoms with Crippen molar-refractivity contribution in [2.45, 2.75) is 16.3 Å². The van der Waals surface area contributed by atoms with Crippen molar-refractivity contribution in [3.8, 4) is 11.1 Å². The molecule has 3 N–H and O–H groups in total. The molecule has 2 amide bonds. The van der Waals surface area contributed by atoms with E-state index in [1.807, 2.05) is 0 Å². The van der Waals surface area contributed by atoms with E-state index in [4.69, 9.17) is 0 Å². The van der Waals surface area contributed by atoms with E-state index in [-0.39, 0.29) is 20.9 Å². The maximum Gasteiger partial charge on any atom is 0.319 e. The third kappa shape index (κ3) is 4.52. The predicted molar refractivity (Wildman–Crippen MR) is 118 cm³/mol. The van der Waals surface area contributed by atoms with Crippen LogP contribution in [0.1, 0.15) is 5.56 Å². The highest BCUT2D eigenvalue weighted by Gasteiger charge is 2.23. The molecule has 0 aliphatic heterocycles. The summed E-state index contributed by atoms with van der Waals surface area (Å²) < 4.78 is 40.9. The van der Waals surface area contributed by atoms with Gasteiger partial charge >= 0.3 is 6.03 Å². The predicted octanol–water partition coefficient (Wildman–Crippen LogP) is 4.37. The van der Waals surface area contributed by atoms with E-state index in [2.05, 4.69) is 20.8 Å². The lowest BCUT2D eigenvalue weighted by Gasteiger charge is -2.12. The number of aromatic nitrogens is 2. The number of amides is 2. The van der Waals surface area contributed by atoms with Gasteiger partial charge in [0.1, 0.15) is 5.82 Å². The second kappa shape index (κ2) is 9.03. The molecule has 0 bridgehead atoms. The van der Waals surface area contributed by atoms with E-state index in [0.29, 0.717) is 12.2 Å². The van der Waals surface area contributed by atoms with Crippen LogP contribution in [0.15, 0.2) is 95.0 Å². The Morgan fingerprint density at radius 2 is 1.62 bits per heavy atom. The average molecular weight is 450 g/mol. The first-order valence-corrected chi connectivity index (χ1v) is 11.1. The monoisotopic (exact) mass is 450 g/mol. The Hall–Kier alpha value is -3.98. The highest BCUT2D eigenvalue weighted by atomic mass is 32.2. The lowest BCUT2D eigenvalue weighted by atomic mass is 10.1. The van der Waals surface area contributed by atoms with E-state index in [9.17, 15) is 17.6 Å². The number of sulfone groups is 1. The number of carbonyl (C=O) groups is 1. The number of hydrogen-bond donors (Lipinski definition) is 3. The molecule has 9 heteroatoms. The van der Waals surface area contributed by atoms with Gasteiger partial charge in [-0.15, -0.1) is 0 Å². The summed E-state index contributed by atoms with van der Waals surface area (Å²) in [5, 5.41) is 11.8. The molecule has 0 fully saturated rings. The zero-order valence-electron chi connectivity index (χ0n) is 16.7. The van der Waals surface area contributed by atoms with Crippen molar-refractivity contribution in [1.29, 1.82) is 0 Å². The van der Waals surface area contributed by atoms with Crippen LogP contribution in [0.4, 0.5) is 14.9 Å². The second-order valence-corrected chi connectivity index (χ2v) is 8.84. The molecule has 3 aromatic carbocycles. The summed E-state index contributed by atoms with van der Waals surface area (Å²) in [6, 6.07) is 17.7. The van der Waals surface area contributed by atoms with Gasteiger partial charge in [-0.05, 0) is 36.4 Å². The van der Waals surface area contributed by atoms with Crippen LogP contribution in [0.3, 0.4) is 0 Å². The van der Waals surface area contributed by atoms with Crippen LogP contribution < -0.4 is 10.6 Å². The van der Waals surface area contributed by atoms with Crippen LogP contribution in [0, 0.1) is 5.82 Å².